The van der Waals surface area contributed by atoms with E-state index in [0.29, 0.717) is 13.1 Å². The van der Waals surface area contributed by atoms with E-state index in [2.05, 4.69) is 46.6 Å². The summed E-state index contributed by atoms with van der Waals surface area (Å²) in [4.78, 5) is 17.7. The van der Waals surface area contributed by atoms with E-state index in [1.165, 1.54) is 0 Å². The standard InChI is InChI=1S/C27H33N3O/c1-4-30(26(31)28-21-14-22-29(2)3)27(23-15-8-5-9-16-23,24-17-10-6-11-18-24)25-19-12-7-13-20-25/h5-13,15-20H,4,14,21-22H2,1-3H3,(H,28,31). The van der Waals surface area contributed by atoms with Gasteiger partial charge in [0.15, 0.2) is 0 Å². The van der Waals surface area contributed by atoms with Crippen molar-refractivity contribution in [1.82, 2.24) is 15.1 Å². The molecule has 0 radical (unpaired) electrons. The highest BCUT2D eigenvalue weighted by molar-refractivity contribution is 5.77. The zero-order valence-electron chi connectivity index (χ0n) is 18.8. The lowest BCUT2D eigenvalue weighted by molar-refractivity contribution is 0.160. The molecule has 0 aliphatic rings. The maximum absolute atomic E-state index is 13.6. The predicted molar refractivity (Wildman–Crippen MR) is 128 cm³/mol. The number of hydrogen-bond acceptors (Lipinski definition) is 2. The number of carbonyl (C=O) groups is 1. The third kappa shape index (κ3) is 4.97. The third-order valence-corrected chi connectivity index (χ3v) is 5.60. The topological polar surface area (TPSA) is 35.6 Å². The van der Waals surface area contributed by atoms with Crippen molar-refractivity contribution in [1.29, 1.82) is 0 Å². The van der Waals surface area contributed by atoms with Crippen LogP contribution in [0, 0.1) is 0 Å². The van der Waals surface area contributed by atoms with Crippen LogP contribution in [0.15, 0.2) is 91.0 Å². The van der Waals surface area contributed by atoms with E-state index in [0.717, 1.165) is 29.7 Å². The predicted octanol–water partition coefficient (Wildman–Crippen LogP) is 4.96. The molecular formula is C27H33N3O. The Morgan fingerprint density at radius 2 is 1.19 bits per heavy atom. The molecule has 2 amide bonds. The molecule has 0 saturated carbocycles. The lowest BCUT2D eigenvalue weighted by Gasteiger charge is -2.45. The van der Waals surface area contributed by atoms with Crippen LogP contribution in [0.25, 0.3) is 0 Å². The zero-order chi connectivity index (χ0) is 22.1. The first kappa shape index (κ1) is 22.6. The summed E-state index contributed by atoms with van der Waals surface area (Å²) in [6.07, 6.45) is 0.908. The molecule has 0 spiro atoms. The molecule has 0 bridgehead atoms. The Labute approximate surface area is 186 Å². The minimum atomic E-state index is -0.732. The Kier molecular flexibility index (Phi) is 7.85. The maximum Gasteiger partial charge on any atom is 0.318 e. The molecular weight excluding hydrogens is 382 g/mol. The number of amides is 2. The quantitative estimate of drug-likeness (QED) is 0.396. The van der Waals surface area contributed by atoms with Crippen molar-refractivity contribution in [2.45, 2.75) is 18.9 Å². The third-order valence-electron chi connectivity index (χ3n) is 5.60. The number of urea groups is 1. The second kappa shape index (κ2) is 10.8. The first-order valence-electron chi connectivity index (χ1n) is 11.0. The molecule has 0 saturated heterocycles. The molecule has 0 atom stereocenters. The average Bonchev–Trinajstić information content (AvgIpc) is 2.81. The number of nitrogens with zero attached hydrogens (tertiary/aromatic N) is 2. The van der Waals surface area contributed by atoms with E-state index in [1.807, 2.05) is 80.5 Å². The fourth-order valence-electron chi connectivity index (χ4n) is 4.22. The summed E-state index contributed by atoms with van der Waals surface area (Å²) in [5.74, 6) is 0. The molecule has 0 heterocycles. The Morgan fingerprint density at radius 1 is 0.774 bits per heavy atom. The van der Waals surface area contributed by atoms with Gasteiger partial charge in [-0.3, -0.25) is 0 Å². The van der Waals surface area contributed by atoms with Crippen molar-refractivity contribution in [3.05, 3.63) is 108 Å². The van der Waals surface area contributed by atoms with Crippen LogP contribution >= 0.6 is 0 Å². The smallest absolute Gasteiger partial charge is 0.318 e. The molecule has 3 aromatic carbocycles. The van der Waals surface area contributed by atoms with E-state index in [9.17, 15) is 4.79 Å². The summed E-state index contributed by atoms with van der Waals surface area (Å²) >= 11 is 0. The summed E-state index contributed by atoms with van der Waals surface area (Å²) in [6, 6.07) is 30.9. The van der Waals surface area contributed by atoms with E-state index < -0.39 is 5.54 Å². The van der Waals surface area contributed by atoms with Crippen molar-refractivity contribution in [2.24, 2.45) is 0 Å². The number of rotatable bonds is 9. The highest BCUT2D eigenvalue weighted by Gasteiger charge is 2.43. The molecule has 0 aliphatic carbocycles. The van der Waals surface area contributed by atoms with Crippen molar-refractivity contribution in [2.75, 3.05) is 33.7 Å². The summed E-state index contributed by atoms with van der Waals surface area (Å²) in [5, 5.41) is 3.16. The van der Waals surface area contributed by atoms with Gasteiger partial charge in [0, 0.05) is 13.1 Å². The van der Waals surface area contributed by atoms with Gasteiger partial charge in [0.05, 0.1) is 0 Å². The molecule has 3 rings (SSSR count). The van der Waals surface area contributed by atoms with E-state index >= 15 is 0 Å². The van der Waals surface area contributed by atoms with E-state index in [1.54, 1.807) is 0 Å². The van der Waals surface area contributed by atoms with Gasteiger partial charge in [0.25, 0.3) is 0 Å². The van der Waals surface area contributed by atoms with Crippen molar-refractivity contribution >= 4 is 6.03 Å². The number of benzene rings is 3. The zero-order valence-corrected chi connectivity index (χ0v) is 18.8. The molecule has 31 heavy (non-hydrogen) atoms. The molecule has 0 aromatic heterocycles. The van der Waals surface area contributed by atoms with Gasteiger partial charge in [-0.25, -0.2) is 4.79 Å². The van der Waals surface area contributed by atoms with Gasteiger partial charge in [-0.1, -0.05) is 91.0 Å². The summed E-state index contributed by atoms with van der Waals surface area (Å²) in [5.41, 5.74) is 2.47. The van der Waals surface area contributed by atoms with Gasteiger partial charge in [0.2, 0.25) is 0 Å². The fraction of sp³-hybridized carbons (Fsp3) is 0.296. The van der Waals surface area contributed by atoms with Gasteiger partial charge in [-0.05, 0) is 50.7 Å². The Hall–Kier alpha value is -3.11. The fourth-order valence-corrected chi connectivity index (χ4v) is 4.22. The van der Waals surface area contributed by atoms with E-state index in [4.69, 9.17) is 0 Å². The van der Waals surface area contributed by atoms with Crippen molar-refractivity contribution in [3.8, 4) is 0 Å². The van der Waals surface area contributed by atoms with Crippen LogP contribution < -0.4 is 5.32 Å². The molecule has 4 nitrogen and oxygen atoms in total. The SMILES string of the molecule is CCN(C(=O)NCCCN(C)C)C(c1ccccc1)(c1ccccc1)c1ccccc1. The second-order valence-electron chi connectivity index (χ2n) is 7.94. The second-order valence-corrected chi connectivity index (χ2v) is 7.94. The minimum absolute atomic E-state index is 0.0576. The van der Waals surface area contributed by atoms with Crippen molar-refractivity contribution < 1.29 is 4.79 Å². The lowest BCUT2D eigenvalue weighted by atomic mass is 9.75. The van der Waals surface area contributed by atoms with Crippen LogP contribution in [0.1, 0.15) is 30.0 Å². The summed E-state index contributed by atoms with van der Waals surface area (Å²) in [6.45, 7) is 4.19. The maximum atomic E-state index is 13.6. The average molecular weight is 416 g/mol. The molecule has 3 aromatic rings. The van der Waals surface area contributed by atoms with Crippen LogP contribution in [0.3, 0.4) is 0 Å². The molecule has 0 fully saturated rings. The van der Waals surface area contributed by atoms with Gasteiger partial charge >= 0.3 is 6.03 Å². The highest BCUT2D eigenvalue weighted by atomic mass is 16.2. The lowest BCUT2D eigenvalue weighted by Crippen LogP contribution is -2.54. The first-order valence-corrected chi connectivity index (χ1v) is 11.0. The highest BCUT2D eigenvalue weighted by Crippen LogP contribution is 2.42. The number of nitrogens with one attached hydrogen (secondary N) is 1. The monoisotopic (exact) mass is 415 g/mol. The van der Waals surface area contributed by atoms with E-state index in [-0.39, 0.29) is 6.03 Å². The van der Waals surface area contributed by atoms with Gasteiger partial charge < -0.3 is 15.1 Å². The normalized spacial score (nSPS) is 11.4. The summed E-state index contributed by atoms with van der Waals surface area (Å²) in [7, 11) is 4.09. The van der Waals surface area contributed by atoms with Gasteiger partial charge in [-0.15, -0.1) is 0 Å². The minimum Gasteiger partial charge on any atom is -0.338 e. The summed E-state index contributed by atoms with van der Waals surface area (Å²) < 4.78 is 0. The van der Waals surface area contributed by atoms with Crippen molar-refractivity contribution in [3.63, 3.8) is 0 Å². The largest absolute Gasteiger partial charge is 0.338 e. The molecule has 0 aliphatic heterocycles. The van der Waals surface area contributed by atoms with Crippen LogP contribution in [0.2, 0.25) is 0 Å². The van der Waals surface area contributed by atoms with Gasteiger partial charge in [-0.2, -0.15) is 0 Å². The van der Waals surface area contributed by atoms with Crippen LogP contribution in [-0.4, -0.2) is 49.6 Å². The number of hydrogen-bond donors (Lipinski definition) is 1. The Bertz CT molecular complexity index is 830. The molecule has 4 heteroatoms. The first-order chi connectivity index (χ1) is 15.1. The van der Waals surface area contributed by atoms with Gasteiger partial charge in [0.1, 0.15) is 5.54 Å². The van der Waals surface area contributed by atoms with Crippen LogP contribution in [0.4, 0.5) is 4.79 Å². The molecule has 162 valence electrons. The van der Waals surface area contributed by atoms with Crippen LogP contribution in [-0.2, 0) is 5.54 Å². The number of carbonyl (C=O) groups excluding carboxylic acids is 1. The molecule has 0 unspecified atom stereocenters. The Morgan fingerprint density at radius 3 is 1.55 bits per heavy atom. The Balaban J connectivity index is 2.13. The van der Waals surface area contributed by atoms with Crippen LogP contribution in [0.5, 0.6) is 0 Å². The molecule has 1 N–H and O–H groups in total.